The van der Waals surface area contributed by atoms with E-state index in [4.69, 9.17) is 25.8 Å². The maximum Gasteiger partial charge on any atom is 0.241 e. The standard InChI is InChI=1S/C21H20ClN5O5S/c1-30-15-5-3-12(7-14(15)22)27-20(29)13-8-23-26-19(13)25-21(27)33-9-18(28)24-11-2-4-16-17(6-11)32-10-31-16/h2-7,13,19,23,26H,8-10H2,1H3,(H,24,28). The number of fused-ring (bicyclic) bond motifs is 2. The molecule has 2 atom stereocenters. The number of carbonyl (C=O) groups is 2. The van der Waals surface area contributed by atoms with Crippen molar-refractivity contribution in [2.24, 2.45) is 10.9 Å². The monoisotopic (exact) mass is 489 g/mol. The molecule has 0 saturated carbocycles. The number of hydrazine groups is 1. The molecule has 2 aromatic carbocycles. The zero-order valence-corrected chi connectivity index (χ0v) is 19.0. The second-order valence-corrected chi connectivity index (χ2v) is 8.74. The minimum Gasteiger partial charge on any atom is -0.495 e. The lowest BCUT2D eigenvalue weighted by Crippen LogP contribution is -2.49. The zero-order chi connectivity index (χ0) is 22.9. The van der Waals surface area contributed by atoms with E-state index in [2.05, 4.69) is 21.2 Å². The Bertz CT molecular complexity index is 1150. The van der Waals surface area contributed by atoms with Crippen LogP contribution < -0.4 is 35.3 Å². The summed E-state index contributed by atoms with van der Waals surface area (Å²) >= 11 is 7.46. The van der Waals surface area contributed by atoms with Crippen molar-refractivity contribution in [2.75, 3.05) is 36.4 Å². The van der Waals surface area contributed by atoms with Crippen molar-refractivity contribution in [3.05, 3.63) is 41.4 Å². The lowest BCUT2D eigenvalue weighted by atomic mass is 10.0. The third-order valence-electron chi connectivity index (χ3n) is 5.31. The maximum atomic E-state index is 13.3. The molecule has 2 unspecified atom stereocenters. The van der Waals surface area contributed by atoms with Crippen molar-refractivity contribution in [3.63, 3.8) is 0 Å². The van der Waals surface area contributed by atoms with Gasteiger partial charge in [-0.05, 0) is 30.3 Å². The number of thioether (sulfide) groups is 1. The van der Waals surface area contributed by atoms with Gasteiger partial charge >= 0.3 is 0 Å². The average Bonchev–Trinajstić information content (AvgIpc) is 3.47. The molecule has 2 amide bonds. The van der Waals surface area contributed by atoms with E-state index in [1.807, 2.05) is 0 Å². The fraction of sp³-hybridized carbons (Fsp3) is 0.286. The summed E-state index contributed by atoms with van der Waals surface area (Å²) in [5.41, 5.74) is 7.12. The maximum absolute atomic E-state index is 13.3. The fourth-order valence-corrected chi connectivity index (χ4v) is 4.80. The molecule has 1 fully saturated rings. The fourth-order valence-electron chi connectivity index (χ4n) is 3.70. The second kappa shape index (κ2) is 9.10. The van der Waals surface area contributed by atoms with Crippen LogP contribution in [0.25, 0.3) is 0 Å². The highest BCUT2D eigenvalue weighted by molar-refractivity contribution is 8.14. The molecule has 3 aliphatic rings. The van der Waals surface area contributed by atoms with E-state index in [1.54, 1.807) is 36.4 Å². The third kappa shape index (κ3) is 4.32. The van der Waals surface area contributed by atoms with Crippen LogP contribution in [-0.2, 0) is 9.59 Å². The van der Waals surface area contributed by atoms with Crippen molar-refractivity contribution in [2.45, 2.75) is 6.17 Å². The van der Waals surface area contributed by atoms with E-state index < -0.39 is 6.17 Å². The number of hydrogen-bond acceptors (Lipinski definition) is 9. The highest BCUT2D eigenvalue weighted by atomic mass is 35.5. The molecule has 2 aromatic rings. The van der Waals surface area contributed by atoms with Crippen LogP contribution in [0.15, 0.2) is 41.4 Å². The third-order valence-corrected chi connectivity index (χ3v) is 6.56. The van der Waals surface area contributed by atoms with Crippen LogP contribution in [0.5, 0.6) is 17.2 Å². The minimum atomic E-state index is -0.401. The van der Waals surface area contributed by atoms with Gasteiger partial charge < -0.3 is 19.5 Å². The van der Waals surface area contributed by atoms with E-state index in [-0.39, 0.29) is 30.3 Å². The number of nitrogens with one attached hydrogen (secondary N) is 3. The van der Waals surface area contributed by atoms with E-state index in [1.165, 1.54) is 23.8 Å². The lowest BCUT2D eigenvalue weighted by Gasteiger charge is -2.32. The number of nitrogens with zero attached hydrogens (tertiary/aromatic N) is 2. The number of ether oxygens (including phenoxy) is 3. The van der Waals surface area contributed by atoms with Gasteiger partial charge in [0.25, 0.3) is 0 Å². The molecule has 172 valence electrons. The Labute approximate surface area is 198 Å². The average molecular weight is 490 g/mol. The van der Waals surface area contributed by atoms with Gasteiger partial charge in [0.1, 0.15) is 11.9 Å². The van der Waals surface area contributed by atoms with Crippen LogP contribution in [0.4, 0.5) is 11.4 Å². The quantitative estimate of drug-likeness (QED) is 0.586. The normalized spacial score (nSPS) is 21.0. The summed E-state index contributed by atoms with van der Waals surface area (Å²) in [4.78, 5) is 32.1. The summed E-state index contributed by atoms with van der Waals surface area (Å²) in [7, 11) is 1.52. The molecule has 3 aliphatic heterocycles. The van der Waals surface area contributed by atoms with Crippen LogP contribution in [0.3, 0.4) is 0 Å². The van der Waals surface area contributed by atoms with Gasteiger partial charge in [-0.3, -0.25) is 19.9 Å². The molecular weight excluding hydrogens is 470 g/mol. The summed E-state index contributed by atoms with van der Waals surface area (Å²) in [6.07, 6.45) is -0.401. The number of benzene rings is 2. The number of hydrogen-bond donors (Lipinski definition) is 3. The Kier molecular flexibility index (Phi) is 6.02. The first-order valence-electron chi connectivity index (χ1n) is 10.1. The minimum absolute atomic E-state index is 0.0474. The summed E-state index contributed by atoms with van der Waals surface area (Å²) in [6, 6.07) is 10.3. The first-order valence-corrected chi connectivity index (χ1v) is 11.5. The van der Waals surface area contributed by atoms with Crippen molar-refractivity contribution in [1.82, 2.24) is 10.9 Å². The summed E-state index contributed by atoms with van der Waals surface area (Å²) in [5.74, 6) is 1.02. The number of amidine groups is 1. The van der Waals surface area contributed by atoms with Crippen LogP contribution >= 0.6 is 23.4 Å². The number of aliphatic imine (C=N–C) groups is 1. The molecule has 10 nitrogen and oxygen atoms in total. The largest absolute Gasteiger partial charge is 0.495 e. The van der Waals surface area contributed by atoms with E-state index in [0.29, 0.717) is 45.4 Å². The van der Waals surface area contributed by atoms with Gasteiger partial charge in [-0.15, -0.1) is 0 Å². The molecule has 3 N–H and O–H groups in total. The van der Waals surface area contributed by atoms with Gasteiger partial charge in [0.15, 0.2) is 16.7 Å². The van der Waals surface area contributed by atoms with Crippen molar-refractivity contribution in [3.8, 4) is 17.2 Å². The van der Waals surface area contributed by atoms with E-state index in [9.17, 15) is 9.59 Å². The highest BCUT2D eigenvalue weighted by Crippen LogP contribution is 2.35. The summed E-state index contributed by atoms with van der Waals surface area (Å²) < 4.78 is 15.8. The topological polar surface area (TPSA) is 114 Å². The number of carbonyl (C=O) groups excluding carboxylic acids is 2. The second-order valence-electron chi connectivity index (χ2n) is 7.39. The zero-order valence-electron chi connectivity index (χ0n) is 17.5. The molecule has 0 bridgehead atoms. The van der Waals surface area contributed by atoms with Crippen molar-refractivity contribution < 1.29 is 23.8 Å². The highest BCUT2D eigenvalue weighted by Gasteiger charge is 2.42. The Morgan fingerprint density at radius 1 is 1.30 bits per heavy atom. The molecule has 5 rings (SSSR count). The van der Waals surface area contributed by atoms with Gasteiger partial charge in [0.05, 0.1) is 29.5 Å². The summed E-state index contributed by atoms with van der Waals surface area (Å²) in [6.45, 7) is 0.614. The van der Waals surface area contributed by atoms with Gasteiger partial charge in [-0.1, -0.05) is 23.4 Å². The van der Waals surface area contributed by atoms with Crippen LogP contribution in [0, 0.1) is 5.92 Å². The van der Waals surface area contributed by atoms with Gasteiger partial charge in [0, 0.05) is 18.3 Å². The predicted molar refractivity (Wildman–Crippen MR) is 125 cm³/mol. The SMILES string of the molecule is COc1ccc(N2C(=O)C3CNNC3N=C2SCC(=O)Nc2ccc3c(c2)OCO3)cc1Cl. The number of rotatable bonds is 5. The Hall–Kier alpha value is -2.99. The van der Waals surface area contributed by atoms with Gasteiger partial charge in [-0.2, -0.15) is 0 Å². The smallest absolute Gasteiger partial charge is 0.241 e. The first-order chi connectivity index (χ1) is 16.0. The summed E-state index contributed by atoms with van der Waals surface area (Å²) in [5, 5.41) is 3.60. The Balaban J connectivity index is 1.33. The van der Waals surface area contributed by atoms with Gasteiger partial charge in [-0.25, -0.2) is 10.4 Å². The van der Waals surface area contributed by atoms with Crippen molar-refractivity contribution >= 4 is 51.7 Å². The molecular formula is C21H20ClN5O5S. The number of anilines is 2. The Morgan fingerprint density at radius 3 is 2.97 bits per heavy atom. The molecule has 0 spiro atoms. The molecule has 0 aliphatic carbocycles. The predicted octanol–water partition coefficient (Wildman–Crippen LogP) is 2.20. The molecule has 33 heavy (non-hydrogen) atoms. The Morgan fingerprint density at radius 2 is 2.15 bits per heavy atom. The van der Waals surface area contributed by atoms with Crippen LogP contribution in [-0.4, -0.2) is 49.3 Å². The van der Waals surface area contributed by atoms with Crippen LogP contribution in [0.2, 0.25) is 5.02 Å². The molecule has 0 radical (unpaired) electrons. The number of halogens is 1. The van der Waals surface area contributed by atoms with Gasteiger partial charge in [0.2, 0.25) is 18.6 Å². The molecule has 0 aromatic heterocycles. The number of methoxy groups -OCH3 is 1. The van der Waals surface area contributed by atoms with E-state index in [0.717, 1.165) is 0 Å². The van der Waals surface area contributed by atoms with Crippen LogP contribution in [0.1, 0.15) is 0 Å². The molecule has 1 saturated heterocycles. The number of amides is 2. The molecule has 12 heteroatoms. The molecule has 3 heterocycles. The first kappa shape index (κ1) is 21.8. The van der Waals surface area contributed by atoms with E-state index >= 15 is 0 Å². The lowest BCUT2D eigenvalue weighted by molar-refractivity contribution is -0.121. The van der Waals surface area contributed by atoms with Crippen molar-refractivity contribution in [1.29, 1.82) is 0 Å².